The van der Waals surface area contributed by atoms with Gasteiger partial charge in [-0.25, -0.2) is 4.79 Å². The summed E-state index contributed by atoms with van der Waals surface area (Å²) in [5, 5.41) is 23.2. The number of hydrogen-bond donors (Lipinski definition) is 3. The molecule has 0 saturated carbocycles. The van der Waals surface area contributed by atoms with Crippen molar-refractivity contribution in [2.45, 2.75) is 84.0 Å². The van der Waals surface area contributed by atoms with Crippen LogP contribution in [0.15, 0.2) is 36.0 Å². The molecule has 1 saturated heterocycles. The number of ketones is 1. The molecule has 1 fully saturated rings. The number of ether oxygens (including phenoxy) is 1. The van der Waals surface area contributed by atoms with Gasteiger partial charge < -0.3 is 14.9 Å². The number of allylic oxidation sites excluding steroid dienone is 3. The Kier molecular flexibility index (Phi) is 10.9. The number of esters is 1. The summed E-state index contributed by atoms with van der Waals surface area (Å²) in [7, 11) is 0. The number of aliphatic hydroxyl groups excluding tert-OH is 2. The van der Waals surface area contributed by atoms with Gasteiger partial charge >= 0.3 is 5.97 Å². The van der Waals surface area contributed by atoms with Crippen LogP contribution in [0.3, 0.4) is 0 Å². The summed E-state index contributed by atoms with van der Waals surface area (Å²) in [6.07, 6.45) is 8.42. The lowest BCUT2D eigenvalue weighted by molar-refractivity contribution is -0.146. The molecule has 5 atom stereocenters. The van der Waals surface area contributed by atoms with Crippen molar-refractivity contribution >= 4 is 23.6 Å². The van der Waals surface area contributed by atoms with Gasteiger partial charge in [0.25, 0.3) is 0 Å². The number of imide groups is 1. The van der Waals surface area contributed by atoms with E-state index in [4.69, 9.17) is 4.74 Å². The minimum atomic E-state index is -1.15. The Hall–Kier alpha value is -2.58. The van der Waals surface area contributed by atoms with E-state index in [1.54, 1.807) is 45.1 Å². The standard InChI is InChI=1S/C26H37NO7/c1-16(20(28)11-8-9-19-14-22(30)27-23(31)15-19)13-17(2)26-18(3)25(33)21(29)10-6-4-5-7-12-24(32)34-26/h6-7,10,12-13,16,18-19,21,25-26,29,33H,4-5,8-9,11,14-15H2,1-3H3,(H,27,30,31). The van der Waals surface area contributed by atoms with Crippen molar-refractivity contribution in [1.82, 2.24) is 5.32 Å². The highest BCUT2D eigenvalue weighted by Gasteiger charge is 2.32. The number of cyclic esters (lactones) is 1. The summed E-state index contributed by atoms with van der Waals surface area (Å²) >= 11 is 0. The molecule has 0 spiro atoms. The predicted octanol–water partition coefficient (Wildman–Crippen LogP) is 2.54. The van der Waals surface area contributed by atoms with E-state index < -0.39 is 36.1 Å². The minimum Gasteiger partial charge on any atom is -0.454 e. The molecule has 0 aromatic heterocycles. The van der Waals surface area contributed by atoms with Crippen molar-refractivity contribution in [3.8, 4) is 0 Å². The summed E-state index contributed by atoms with van der Waals surface area (Å²) in [6, 6.07) is 0. The molecule has 2 amide bonds. The van der Waals surface area contributed by atoms with Crippen LogP contribution in [-0.2, 0) is 23.9 Å². The molecule has 2 rings (SSSR count). The van der Waals surface area contributed by atoms with Crippen LogP contribution >= 0.6 is 0 Å². The summed E-state index contributed by atoms with van der Waals surface area (Å²) in [4.78, 5) is 48.0. The van der Waals surface area contributed by atoms with Crippen LogP contribution in [0.25, 0.3) is 0 Å². The Morgan fingerprint density at radius 2 is 1.82 bits per heavy atom. The maximum atomic E-state index is 12.7. The van der Waals surface area contributed by atoms with Crippen molar-refractivity contribution < 1.29 is 34.1 Å². The number of piperidine rings is 1. The number of carbonyl (C=O) groups excluding carboxylic acids is 4. The van der Waals surface area contributed by atoms with Gasteiger partial charge in [0.1, 0.15) is 11.9 Å². The van der Waals surface area contributed by atoms with Crippen LogP contribution in [0.1, 0.15) is 65.7 Å². The van der Waals surface area contributed by atoms with Crippen LogP contribution in [0.2, 0.25) is 0 Å². The number of hydrogen-bond acceptors (Lipinski definition) is 7. The molecule has 2 aliphatic rings. The van der Waals surface area contributed by atoms with Crippen LogP contribution < -0.4 is 5.32 Å². The van der Waals surface area contributed by atoms with Gasteiger partial charge in [0.05, 0.1) is 12.2 Å². The predicted molar refractivity (Wildman–Crippen MR) is 126 cm³/mol. The van der Waals surface area contributed by atoms with Crippen LogP contribution in [0.4, 0.5) is 0 Å². The van der Waals surface area contributed by atoms with Crippen molar-refractivity contribution in [1.29, 1.82) is 0 Å². The van der Waals surface area contributed by atoms with Gasteiger partial charge in [-0.05, 0) is 44.1 Å². The topological polar surface area (TPSA) is 130 Å². The van der Waals surface area contributed by atoms with Crippen molar-refractivity contribution in [3.05, 3.63) is 36.0 Å². The van der Waals surface area contributed by atoms with E-state index in [0.717, 1.165) is 0 Å². The van der Waals surface area contributed by atoms with Gasteiger partial charge in [-0.3, -0.25) is 19.7 Å². The molecule has 0 aromatic carbocycles. The molecule has 0 bridgehead atoms. The van der Waals surface area contributed by atoms with Crippen LogP contribution in [-0.4, -0.2) is 52.1 Å². The zero-order valence-corrected chi connectivity index (χ0v) is 20.2. The van der Waals surface area contributed by atoms with E-state index in [1.807, 2.05) is 0 Å². The number of carbonyl (C=O) groups is 4. The number of Topliss-reactive ketones (excluding diaryl/α,β-unsaturated/α-hetero) is 1. The molecule has 0 aliphatic carbocycles. The molecule has 0 radical (unpaired) electrons. The fourth-order valence-corrected chi connectivity index (χ4v) is 4.42. The monoisotopic (exact) mass is 475 g/mol. The lowest BCUT2D eigenvalue weighted by Gasteiger charge is -2.30. The fraction of sp³-hybridized carbons (Fsp3) is 0.615. The normalized spacial score (nSPS) is 28.5. The smallest absolute Gasteiger partial charge is 0.331 e. The Labute approximate surface area is 201 Å². The molecule has 34 heavy (non-hydrogen) atoms. The van der Waals surface area contributed by atoms with Crippen molar-refractivity contribution in [2.24, 2.45) is 17.8 Å². The molecule has 2 aliphatic heterocycles. The Morgan fingerprint density at radius 3 is 2.50 bits per heavy atom. The second-order valence-electron chi connectivity index (χ2n) is 9.41. The Bertz CT molecular complexity index is 828. The zero-order valence-electron chi connectivity index (χ0n) is 20.2. The van der Waals surface area contributed by atoms with Gasteiger partial charge in [0, 0.05) is 37.2 Å². The second kappa shape index (κ2) is 13.3. The first-order valence-electron chi connectivity index (χ1n) is 12.0. The van der Waals surface area contributed by atoms with Gasteiger partial charge in [-0.2, -0.15) is 0 Å². The zero-order chi connectivity index (χ0) is 25.3. The third-order valence-electron chi connectivity index (χ3n) is 6.43. The largest absolute Gasteiger partial charge is 0.454 e. The SMILES string of the molecule is CC(=CC(C)C(=O)CCCC1CC(=O)NC(=O)C1)C1OC(=O)C=CCCC=CC(O)C(O)C1C. The van der Waals surface area contributed by atoms with Crippen molar-refractivity contribution in [3.63, 3.8) is 0 Å². The number of aliphatic hydroxyl groups is 2. The summed E-state index contributed by atoms with van der Waals surface area (Å²) in [5.41, 5.74) is 0.622. The lowest BCUT2D eigenvalue weighted by atomic mass is 9.87. The molecule has 188 valence electrons. The summed E-state index contributed by atoms with van der Waals surface area (Å²) in [6.45, 7) is 5.20. The highest BCUT2D eigenvalue weighted by Crippen LogP contribution is 2.25. The molecular weight excluding hydrogens is 438 g/mol. The first kappa shape index (κ1) is 27.7. The first-order chi connectivity index (χ1) is 16.1. The van der Waals surface area contributed by atoms with E-state index in [-0.39, 0.29) is 23.5 Å². The minimum absolute atomic E-state index is 0.00137. The average molecular weight is 476 g/mol. The maximum Gasteiger partial charge on any atom is 0.331 e. The van der Waals surface area contributed by atoms with E-state index >= 15 is 0 Å². The van der Waals surface area contributed by atoms with Crippen molar-refractivity contribution in [2.75, 3.05) is 0 Å². The molecule has 8 nitrogen and oxygen atoms in total. The third-order valence-corrected chi connectivity index (χ3v) is 6.43. The fourth-order valence-electron chi connectivity index (χ4n) is 4.42. The van der Waals surface area contributed by atoms with Crippen LogP contribution in [0.5, 0.6) is 0 Å². The molecule has 3 N–H and O–H groups in total. The van der Waals surface area contributed by atoms with Gasteiger partial charge in [-0.15, -0.1) is 0 Å². The molecule has 2 heterocycles. The van der Waals surface area contributed by atoms with E-state index in [2.05, 4.69) is 5.32 Å². The number of amides is 2. The van der Waals surface area contributed by atoms with Gasteiger partial charge in [0.2, 0.25) is 11.8 Å². The summed E-state index contributed by atoms with van der Waals surface area (Å²) in [5.74, 6) is -2.16. The van der Waals surface area contributed by atoms with Crippen LogP contribution in [0, 0.1) is 17.8 Å². The molecule has 0 aromatic rings. The number of rotatable bonds is 7. The quantitative estimate of drug-likeness (QED) is 0.293. The highest BCUT2D eigenvalue weighted by molar-refractivity contribution is 5.97. The van der Waals surface area contributed by atoms with Gasteiger partial charge in [0.15, 0.2) is 0 Å². The van der Waals surface area contributed by atoms with E-state index in [0.29, 0.717) is 50.5 Å². The first-order valence-corrected chi connectivity index (χ1v) is 12.0. The second-order valence-corrected chi connectivity index (χ2v) is 9.41. The van der Waals surface area contributed by atoms with E-state index in [9.17, 15) is 29.4 Å². The van der Waals surface area contributed by atoms with Gasteiger partial charge in [-0.1, -0.05) is 38.2 Å². The number of nitrogens with one attached hydrogen (secondary N) is 1. The third kappa shape index (κ3) is 8.65. The highest BCUT2D eigenvalue weighted by atomic mass is 16.5. The maximum absolute atomic E-state index is 12.7. The average Bonchev–Trinajstić information content (AvgIpc) is 2.77. The van der Waals surface area contributed by atoms with E-state index in [1.165, 1.54) is 6.08 Å². The molecule has 5 unspecified atom stereocenters. The molecule has 8 heteroatoms. The molecular formula is C26H37NO7. The lowest BCUT2D eigenvalue weighted by Crippen LogP contribution is -2.40. The summed E-state index contributed by atoms with van der Waals surface area (Å²) < 4.78 is 5.61. The Balaban J connectivity index is 2.02. The Morgan fingerprint density at radius 1 is 1.18 bits per heavy atom.